The lowest BCUT2D eigenvalue weighted by molar-refractivity contribution is -0.883. The molecule has 0 bridgehead atoms. The minimum absolute atomic E-state index is 0.334. The Morgan fingerprint density at radius 1 is 0.793 bits per heavy atom. The largest absolute Gasteiger partial charge is 0.385 e. The average Bonchev–Trinajstić information content (AvgIpc) is 2.64. The molecule has 0 aliphatic carbocycles. The van der Waals surface area contributed by atoms with Gasteiger partial charge in [0.1, 0.15) is 0 Å². The summed E-state index contributed by atoms with van der Waals surface area (Å²) in [6.07, 6.45) is 22.5. The fourth-order valence-electron chi connectivity index (χ4n) is 3.69. The van der Waals surface area contributed by atoms with E-state index in [-0.39, 0.29) is 5.78 Å². The molecule has 0 aromatic carbocycles. The van der Waals surface area contributed by atoms with E-state index in [4.69, 9.17) is 4.52 Å². The second kappa shape index (κ2) is 17.5. The van der Waals surface area contributed by atoms with Gasteiger partial charge in [0.05, 0.1) is 27.7 Å². The number of nitrogens with zero attached hydrogens (tertiary/aromatic N) is 1. The first-order valence-corrected chi connectivity index (χ1v) is 13.8. The van der Waals surface area contributed by atoms with Crippen LogP contribution in [0.3, 0.4) is 0 Å². The van der Waals surface area contributed by atoms with Crippen molar-refractivity contribution in [3.05, 3.63) is 12.2 Å². The van der Waals surface area contributed by atoms with Gasteiger partial charge in [-0.1, -0.05) is 83.8 Å². The van der Waals surface area contributed by atoms with Crippen LogP contribution in [0.25, 0.3) is 0 Å². The minimum Gasteiger partial charge on any atom is -0.320 e. The Labute approximate surface area is 182 Å². The maximum absolute atomic E-state index is 12.6. The van der Waals surface area contributed by atoms with Gasteiger partial charge in [-0.2, -0.15) is 0 Å². The Kier molecular flexibility index (Phi) is 17.4. The summed E-state index contributed by atoms with van der Waals surface area (Å²) < 4.78 is 18.6. The van der Waals surface area contributed by atoms with E-state index < -0.39 is 7.60 Å². The number of quaternary nitrogens is 1. The highest BCUT2D eigenvalue weighted by Gasteiger charge is 2.41. The monoisotopic (exact) mass is 432 g/mol. The standard InChI is InChI=1S/C24H50NO3P/c1-6-8-9-10-11-12-13-14-15-16-17-18-19-20-21-23-28-29(26,27)24(22-7-2)25(3,4)5/h10-11,24H,6-9,12-23H2,1-5H3/p+1. The van der Waals surface area contributed by atoms with Crippen LogP contribution < -0.4 is 0 Å². The summed E-state index contributed by atoms with van der Waals surface area (Å²) in [4.78, 5) is 10.4. The van der Waals surface area contributed by atoms with Crippen LogP contribution in [0.2, 0.25) is 0 Å². The Bertz CT molecular complexity index is 446. The van der Waals surface area contributed by atoms with Crippen molar-refractivity contribution in [2.75, 3.05) is 27.7 Å². The number of allylic oxidation sites excluding steroid dienone is 2. The molecule has 0 saturated carbocycles. The van der Waals surface area contributed by atoms with Gasteiger partial charge in [0, 0.05) is 6.42 Å². The molecule has 0 amide bonds. The van der Waals surface area contributed by atoms with Crippen molar-refractivity contribution in [2.24, 2.45) is 0 Å². The summed E-state index contributed by atoms with van der Waals surface area (Å²) >= 11 is 0. The Morgan fingerprint density at radius 3 is 1.76 bits per heavy atom. The molecular weight excluding hydrogens is 381 g/mol. The van der Waals surface area contributed by atoms with Gasteiger partial charge < -0.3 is 13.9 Å². The van der Waals surface area contributed by atoms with E-state index in [1.165, 1.54) is 70.6 Å². The molecule has 0 saturated heterocycles. The highest BCUT2D eigenvalue weighted by molar-refractivity contribution is 7.53. The van der Waals surface area contributed by atoms with Crippen molar-refractivity contribution in [2.45, 2.75) is 116 Å². The Morgan fingerprint density at radius 2 is 1.28 bits per heavy atom. The molecule has 2 atom stereocenters. The van der Waals surface area contributed by atoms with Crippen LogP contribution in [0.5, 0.6) is 0 Å². The van der Waals surface area contributed by atoms with E-state index >= 15 is 0 Å². The van der Waals surface area contributed by atoms with Crippen molar-refractivity contribution in [1.82, 2.24) is 0 Å². The predicted octanol–water partition coefficient (Wildman–Crippen LogP) is 7.67. The molecule has 0 aliphatic rings. The number of rotatable bonds is 20. The number of hydrogen-bond acceptors (Lipinski definition) is 2. The van der Waals surface area contributed by atoms with Crippen molar-refractivity contribution in [3.63, 3.8) is 0 Å². The van der Waals surface area contributed by atoms with Crippen LogP contribution in [0.4, 0.5) is 0 Å². The fourth-order valence-corrected chi connectivity index (χ4v) is 5.71. The fraction of sp³-hybridized carbons (Fsp3) is 0.917. The summed E-state index contributed by atoms with van der Waals surface area (Å²) in [6, 6.07) is 0. The zero-order valence-electron chi connectivity index (χ0n) is 20.2. The minimum atomic E-state index is -3.56. The summed E-state index contributed by atoms with van der Waals surface area (Å²) in [7, 11) is 2.35. The number of hydrogen-bond donors (Lipinski definition) is 1. The van der Waals surface area contributed by atoms with Gasteiger partial charge in [-0.25, -0.2) is 0 Å². The lowest BCUT2D eigenvalue weighted by atomic mass is 10.1. The molecule has 0 heterocycles. The van der Waals surface area contributed by atoms with E-state index in [2.05, 4.69) is 19.1 Å². The second-order valence-corrected chi connectivity index (χ2v) is 11.3. The molecule has 0 spiro atoms. The summed E-state index contributed by atoms with van der Waals surface area (Å²) in [6.45, 7) is 4.69. The van der Waals surface area contributed by atoms with Crippen molar-refractivity contribution in [1.29, 1.82) is 0 Å². The first kappa shape index (κ1) is 28.9. The van der Waals surface area contributed by atoms with E-state index in [0.29, 0.717) is 17.5 Å². The molecule has 0 fully saturated rings. The van der Waals surface area contributed by atoms with Gasteiger partial charge >= 0.3 is 7.60 Å². The first-order chi connectivity index (χ1) is 13.8. The van der Waals surface area contributed by atoms with E-state index in [0.717, 1.165) is 19.3 Å². The molecule has 0 aromatic heterocycles. The van der Waals surface area contributed by atoms with Crippen molar-refractivity contribution < 1.29 is 18.5 Å². The smallest absolute Gasteiger partial charge is 0.320 e. The van der Waals surface area contributed by atoms with Crippen LogP contribution in [-0.2, 0) is 9.09 Å². The summed E-state index contributed by atoms with van der Waals surface area (Å²) in [5.74, 6) is -0.334. The molecule has 0 rings (SSSR count). The molecule has 0 aromatic rings. The normalized spacial score (nSPS) is 15.7. The molecule has 2 unspecified atom stereocenters. The maximum atomic E-state index is 12.6. The van der Waals surface area contributed by atoms with Crippen LogP contribution in [-0.4, -0.2) is 42.9 Å². The van der Waals surface area contributed by atoms with E-state index in [9.17, 15) is 9.46 Å². The second-order valence-electron chi connectivity index (χ2n) is 9.37. The SMILES string of the molecule is CCCCC=CCCCCCCCCCCCOP(=O)(O)C(CCC)[N+](C)(C)C. The average molecular weight is 433 g/mol. The summed E-state index contributed by atoms with van der Waals surface area (Å²) in [5.41, 5.74) is 0. The first-order valence-electron chi connectivity index (χ1n) is 12.2. The zero-order valence-corrected chi connectivity index (χ0v) is 21.1. The van der Waals surface area contributed by atoms with Crippen LogP contribution in [0, 0.1) is 0 Å². The predicted molar refractivity (Wildman–Crippen MR) is 127 cm³/mol. The van der Waals surface area contributed by atoms with Crippen LogP contribution in [0.15, 0.2) is 12.2 Å². The topological polar surface area (TPSA) is 46.5 Å². The van der Waals surface area contributed by atoms with Gasteiger partial charge in [0.15, 0.2) is 5.78 Å². The van der Waals surface area contributed by atoms with Crippen molar-refractivity contribution in [3.8, 4) is 0 Å². The third-order valence-electron chi connectivity index (χ3n) is 5.50. The van der Waals surface area contributed by atoms with Gasteiger partial charge in [-0.15, -0.1) is 0 Å². The van der Waals surface area contributed by atoms with E-state index in [1.54, 1.807) is 0 Å². The third-order valence-corrected chi connectivity index (χ3v) is 7.76. The lowest BCUT2D eigenvalue weighted by Gasteiger charge is -2.35. The zero-order chi connectivity index (χ0) is 22.0. The number of unbranched alkanes of at least 4 members (excludes halogenated alkanes) is 11. The molecule has 5 heteroatoms. The quantitative estimate of drug-likeness (QED) is 0.0929. The van der Waals surface area contributed by atoms with Gasteiger partial charge in [0.25, 0.3) is 0 Å². The Hall–Kier alpha value is -0.150. The maximum Gasteiger partial charge on any atom is 0.385 e. The molecule has 4 nitrogen and oxygen atoms in total. The van der Waals surface area contributed by atoms with Gasteiger partial charge in [0.2, 0.25) is 0 Å². The molecule has 0 radical (unpaired) electrons. The van der Waals surface area contributed by atoms with Gasteiger partial charge in [-0.05, 0) is 32.1 Å². The molecule has 174 valence electrons. The van der Waals surface area contributed by atoms with E-state index in [1.807, 2.05) is 28.1 Å². The van der Waals surface area contributed by atoms with Crippen LogP contribution in [0.1, 0.15) is 110 Å². The highest BCUT2D eigenvalue weighted by atomic mass is 31.2. The Balaban J connectivity index is 3.61. The molecule has 29 heavy (non-hydrogen) atoms. The molecule has 1 N–H and O–H groups in total. The summed E-state index contributed by atoms with van der Waals surface area (Å²) in [5, 5.41) is 0. The lowest BCUT2D eigenvalue weighted by Crippen LogP contribution is -2.45. The van der Waals surface area contributed by atoms with Crippen molar-refractivity contribution >= 4 is 7.60 Å². The highest BCUT2D eigenvalue weighted by Crippen LogP contribution is 2.51. The van der Waals surface area contributed by atoms with Gasteiger partial charge in [-0.3, -0.25) is 4.57 Å². The molecule has 0 aliphatic heterocycles. The third kappa shape index (κ3) is 16.2. The molecular formula is C24H51NO3P+. The van der Waals surface area contributed by atoms with Crippen LogP contribution >= 0.6 is 7.60 Å².